The van der Waals surface area contributed by atoms with Gasteiger partial charge in [-0.05, 0) is 0 Å². The van der Waals surface area contributed by atoms with Gasteiger partial charge >= 0.3 is 51.4 Å². The van der Waals surface area contributed by atoms with E-state index >= 15 is 0 Å². The maximum Gasteiger partial charge on any atom is 1.00 e. The van der Waals surface area contributed by atoms with Gasteiger partial charge in [0.2, 0.25) is 0 Å². The van der Waals surface area contributed by atoms with E-state index in [0.717, 1.165) is 6.71 Å². The van der Waals surface area contributed by atoms with Crippen molar-refractivity contribution in [3.05, 3.63) is 0 Å². The molecule has 0 nitrogen and oxygen atoms in total. The van der Waals surface area contributed by atoms with Crippen molar-refractivity contribution in [2.45, 2.75) is 78.3 Å². The summed E-state index contributed by atoms with van der Waals surface area (Å²) >= 11 is 0. The van der Waals surface area contributed by atoms with Gasteiger partial charge in [-0.2, -0.15) is 15.9 Å². The molecule has 0 saturated carbocycles. The summed E-state index contributed by atoms with van der Waals surface area (Å²) in [7, 11) is 0. The van der Waals surface area contributed by atoms with Crippen molar-refractivity contribution in [2.24, 2.45) is 0 Å². The van der Waals surface area contributed by atoms with Gasteiger partial charge in [0.1, 0.15) is 0 Å². The van der Waals surface area contributed by atoms with Crippen LogP contribution in [0.3, 0.4) is 0 Å². The summed E-state index contributed by atoms with van der Waals surface area (Å²) in [4.78, 5) is 0. The van der Waals surface area contributed by atoms with Crippen LogP contribution in [0, 0.1) is 0 Å². The molecular weight excluding hydrogens is 194 g/mol. The predicted molar refractivity (Wildman–Crippen MR) is 64.9 cm³/mol. The summed E-state index contributed by atoms with van der Waals surface area (Å²) in [6.07, 6.45) is 0. The fourth-order valence-electron chi connectivity index (χ4n) is 3.90. The summed E-state index contributed by atoms with van der Waals surface area (Å²) in [6, 6.07) is 0. The Bertz CT molecular complexity index is 133. The second-order valence-electron chi connectivity index (χ2n) is 7.53. The quantitative estimate of drug-likeness (QED) is 0.548. The van der Waals surface area contributed by atoms with E-state index in [9.17, 15) is 0 Å². The molecule has 0 rings (SSSR count). The molecule has 0 spiro atoms. The average molecular weight is 221 g/mol. The Morgan fingerprint density at radius 2 is 0.643 bits per heavy atom. The maximum atomic E-state index is 2.36. The van der Waals surface area contributed by atoms with Gasteiger partial charge in [0.05, 0.1) is 0 Å². The largest absolute Gasteiger partial charge is 1.00 e. The van der Waals surface area contributed by atoms with Crippen LogP contribution in [0.1, 0.15) is 62.3 Å². The number of rotatable bonds is 0. The molecule has 0 aromatic carbocycles. The van der Waals surface area contributed by atoms with Crippen molar-refractivity contribution in [3.63, 3.8) is 0 Å². The molecule has 0 saturated heterocycles. The Hall–Kier alpha value is 1.70. The van der Waals surface area contributed by atoms with Gasteiger partial charge in [-0.25, -0.2) is 0 Å². The van der Waals surface area contributed by atoms with Crippen LogP contribution in [0.2, 0.25) is 15.9 Å². The van der Waals surface area contributed by atoms with Crippen molar-refractivity contribution in [3.8, 4) is 0 Å². The van der Waals surface area contributed by atoms with Crippen molar-refractivity contribution < 1.29 is 51.4 Å². The zero-order chi connectivity index (χ0) is 11.1. The minimum Gasteiger partial charge on any atom is -0.193 e. The van der Waals surface area contributed by atoms with Crippen molar-refractivity contribution >= 4 is 6.71 Å². The van der Waals surface area contributed by atoms with Crippen molar-refractivity contribution in [1.82, 2.24) is 0 Å². The van der Waals surface area contributed by atoms with E-state index in [2.05, 4.69) is 62.3 Å². The van der Waals surface area contributed by atoms with Crippen LogP contribution in [-0.4, -0.2) is 6.71 Å². The monoisotopic (exact) mass is 221 g/mol. The summed E-state index contributed by atoms with van der Waals surface area (Å²) in [5.74, 6) is 0. The van der Waals surface area contributed by atoms with Gasteiger partial charge in [0.15, 0.2) is 0 Å². The number of hydrogen-bond acceptors (Lipinski definition) is 0. The molecule has 79 valence electrons. The predicted octanol–water partition coefficient (Wildman–Crippen LogP) is 1.89. The Morgan fingerprint density at radius 1 is 0.500 bits per heavy atom. The van der Waals surface area contributed by atoms with Crippen molar-refractivity contribution in [2.75, 3.05) is 0 Å². The molecule has 1 radical (unpaired) electrons. The first-order valence-electron chi connectivity index (χ1n) is 5.37. The normalized spacial score (nSPS) is 14.1. The summed E-state index contributed by atoms with van der Waals surface area (Å²) in [5.41, 5.74) is 0. The molecule has 0 heterocycles. The fourth-order valence-corrected chi connectivity index (χ4v) is 3.90. The third-order valence-corrected chi connectivity index (χ3v) is 2.60. The molecule has 0 fully saturated rings. The second-order valence-corrected chi connectivity index (χ2v) is 7.53. The minimum atomic E-state index is 0. The topological polar surface area (TPSA) is 0 Å². The fraction of sp³-hybridized carbons (Fsp3) is 1.00. The van der Waals surface area contributed by atoms with E-state index in [1.807, 2.05) is 0 Å². The van der Waals surface area contributed by atoms with E-state index < -0.39 is 0 Å². The van der Waals surface area contributed by atoms with E-state index in [-0.39, 0.29) is 51.4 Å². The van der Waals surface area contributed by atoms with Gasteiger partial charge in [-0.3, -0.25) is 0 Å². The number of hydrogen-bond donors (Lipinski definition) is 0. The molecule has 0 aliphatic rings. The van der Waals surface area contributed by atoms with Crippen molar-refractivity contribution in [1.29, 1.82) is 0 Å². The van der Waals surface area contributed by atoms with Crippen LogP contribution in [0.5, 0.6) is 0 Å². The van der Waals surface area contributed by atoms with Crippen LogP contribution in [-0.2, 0) is 0 Å². The maximum absolute atomic E-state index is 2.36. The van der Waals surface area contributed by atoms with Crippen LogP contribution in [0.15, 0.2) is 0 Å². The van der Waals surface area contributed by atoms with Crippen LogP contribution in [0.4, 0.5) is 0 Å². The molecule has 0 aliphatic carbocycles. The Balaban J connectivity index is 0. The molecule has 0 aromatic rings. The molecule has 0 unspecified atom stereocenters. The van der Waals surface area contributed by atoms with Gasteiger partial charge < -0.3 is 0 Å². The van der Waals surface area contributed by atoms with E-state index in [4.69, 9.17) is 0 Å². The van der Waals surface area contributed by atoms with Crippen LogP contribution in [0.25, 0.3) is 0 Å². The first kappa shape index (κ1) is 18.1. The zero-order valence-corrected chi connectivity index (χ0v) is 15.2. The van der Waals surface area contributed by atoms with Gasteiger partial charge in [0, 0.05) is 0 Å². The molecule has 0 aromatic heterocycles. The molecule has 14 heavy (non-hydrogen) atoms. The van der Waals surface area contributed by atoms with E-state index in [0.29, 0.717) is 15.9 Å². The van der Waals surface area contributed by atoms with Gasteiger partial charge in [0.25, 0.3) is 0 Å². The Labute approximate surface area is 134 Å². The minimum absolute atomic E-state index is 0. The molecule has 0 atom stereocenters. The first-order valence-corrected chi connectivity index (χ1v) is 5.37. The molecular formula is C12H27BK. The Morgan fingerprint density at radius 3 is 0.643 bits per heavy atom. The van der Waals surface area contributed by atoms with Gasteiger partial charge in [-0.1, -0.05) is 62.3 Å². The summed E-state index contributed by atoms with van der Waals surface area (Å²) in [5, 5.41) is 1.16. The van der Waals surface area contributed by atoms with Crippen LogP contribution >= 0.6 is 0 Å². The second kappa shape index (κ2) is 5.36. The molecule has 0 bridgehead atoms. The van der Waals surface area contributed by atoms with Gasteiger partial charge in [-0.15, -0.1) is 6.71 Å². The molecule has 2 heteroatoms. The smallest absolute Gasteiger partial charge is 0.193 e. The van der Waals surface area contributed by atoms with E-state index in [1.165, 1.54) is 0 Å². The molecule has 0 amide bonds. The summed E-state index contributed by atoms with van der Waals surface area (Å²) in [6.45, 7) is 21.9. The summed E-state index contributed by atoms with van der Waals surface area (Å²) < 4.78 is 0. The first-order chi connectivity index (χ1) is 5.37. The SMILES string of the molecule is CC(C)(C)[B-](C(C)(C)C)C(C)(C)C.[K+]. The third-order valence-electron chi connectivity index (χ3n) is 2.60. The standard InChI is InChI=1S/C12H27B.K/c1-10(2,3)13(11(4,5)6)12(7,8)9;/h1-9H3;/q-1;+1. The molecule has 0 N–H and O–H groups in total. The average Bonchev–Trinajstić information content (AvgIpc) is 1.44. The molecule has 0 aliphatic heterocycles. The van der Waals surface area contributed by atoms with E-state index in [1.54, 1.807) is 0 Å². The Kier molecular flexibility index (Phi) is 6.91. The zero-order valence-electron chi connectivity index (χ0n) is 12.1. The third kappa shape index (κ3) is 5.69. The van der Waals surface area contributed by atoms with Crippen LogP contribution < -0.4 is 51.4 Å².